The molecule has 0 unspecified atom stereocenters. The van der Waals surface area contributed by atoms with Crippen LogP contribution in [-0.4, -0.2) is 47.2 Å². The molecule has 0 aliphatic carbocycles. The van der Waals surface area contributed by atoms with E-state index >= 15 is 0 Å². The molecule has 0 saturated carbocycles. The Bertz CT molecular complexity index is 805. The maximum atomic E-state index is 12.5. The first kappa shape index (κ1) is 15.0. The minimum atomic E-state index is 0.108. The number of hydrogen-bond acceptors (Lipinski definition) is 4. The average Bonchev–Trinajstić information content (AvgIpc) is 3.33. The van der Waals surface area contributed by atoms with Crippen LogP contribution in [0.4, 0.5) is 5.82 Å². The highest BCUT2D eigenvalue weighted by Crippen LogP contribution is 2.26. The normalized spacial score (nSPS) is 14.8. The van der Waals surface area contributed by atoms with Crippen LogP contribution in [0.5, 0.6) is 0 Å². The fourth-order valence-electron chi connectivity index (χ4n) is 2.93. The number of carbonyl (C=O) groups excluding carboxylic acids is 1. The molecule has 3 heterocycles. The third-order valence-electron chi connectivity index (χ3n) is 4.26. The molecule has 2 aromatic heterocycles. The summed E-state index contributed by atoms with van der Waals surface area (Å²) in [4.78, 5) is 17.8. The highest BCUT2D eigenvalue weighted by Gasteiger charge is 2.23. The third kappa shape index (κ3) is 2.92. The van der Waals surface area contributed by atoms with Crippen LogP contribution in [0.3, 0.4) is 0 Å². The minimum Gasteiger partial charge on any atom is -0.352 e. The molecule has 0 bridgehead atoms. The largest absolute Gasteiger partial charge is 0.352 e. The molecule has 1 N–H and O–H groups in total. The first-order valence-corrected chi connectivity index (χ1v) is 8.88. The van der Waals surface area contributed by atoms with Crippen LogP contribution in [0.1, 0.15) is 10.4 Å². The van der Waals surface area contributed by atoms with Crippen molar-refractivity contribution < 1.29 is 4.79 Å². The molecule has 122 valence electrons. The van der Waals surface area contributed by atoms with E-state index in [-0.39, 0.29) is 5.91 Å². The summed E-state index contributed by atoms with van der Waals surface area (Å²) in [6.45, 7) is 3.03. The van der Waals surface area contributed by atoms with Gasteiger partial charge in [0.25, 0.3) is 5.91 Å². The summed E-state index contributed by atoms with van der Waals surface area (Å²) >= 11 is 1.70. The van der Waals surface area contributed by atoms with E-state index in [9.17, 15) is 4.79 Å². The van der Waals surface area contributed by atoms with Crippen LogP contribution in [-0.2, 0) is 0 Å². The van der Waals surface area contributed by atoms with E-state index in [1.807, 2.05) is 41.3 Å². The highest BCUT2D eigenvalue weighted by atomic mass is 32.1. The lowest BCUT2D eigenvalue weighted by Gasteiger charge is -2.34. The SMILES string of the molecule is O=C(c1ccccc1)N1CCN(c2cc(-c3cccs3)[nH]n2)CC1. The number of H-pyrrole nitrogens is 1. The van der Waals surface area contributed by atoms with Gasteiger partial charge in [0, 0.05) is 37.8 Å². The van der Waals surface area contributed by atoms with Gasteiger partial charge < -0.3 is 9.80 Å². The number of thiophene rings is 1. The lowest BCUT2D eigenvalue weighted by Crippen LogP contribution is -2.48. The molecule has 24 heavy (non-hydrogen) atoms. The number of nitrogens with one attached hydrogen (secondary N) is 1. The molecule has 1 aliphatic rings. The van der Waals surface area contributed by atoms with Crippen molar-refractivity contribution in [2.45, 2.75) is 0 Å². The van der Waals surface area contributed by atoms with Crippen LogP contribution in [0.15, 0.2) is 53.9 Å². The van der Waals surface area contributed by atoms with E-state index in [4.69, 9.17) is 0 Å². The number of aromatic amines is 1. The number of amides is 1. The van der Waals surface area contributed by atoms with Gasteiger partial charge in [0.1, 0.15) is 0 Å². The summed E-state index contributed by atoms with van der Waals surface area (Å²) in [7, 11) is 0. The van der Waals surface area contributed by atoms with Crippen molar-refractivity contribution in [1.29, 1.82) is 0 Å². The Morgan fingerprint density at radius 3 is 2.54 bits per heavy atom. The Morgan fingerprint density at radius 1 is 1.04 bits per heavy atom. The van der Waals surface area contributed by atoms with Gasteiger partial charge in [-0.1, -0.05) is 24.3 Å². The molecule has 4 rings (SSSR count). The number of anilines is 1. The zero-order valence-corrected chi connectivity index (χ0v) is 14.0. The molecular weight excluding hydrogens is 320 g/mol. The number of carbonyl (C=O) groups is 1. The lowest BCUT2D eigenvalue weighted by atomic mass is 10.2. The van der Waals surface area contributed by atoms with E-state index in [0.29, 0.717) is 0 Å². The summed E-state index contributed by atoms with van der Waals surface area (Å²) in [5.74, 6) is 1.06. The molecule has 0 radical (unpaired) electrons. The van der Waals surface area contributed by atoms with Gasteiger partial charge in [0.15, 0.2) is 5.82 Å². The predicted molar refractivity (Wildman–Crippen MR) is 96.5 cm³/mol. The summed E-state index contributed by atoms with van der Waals surface area (Å²) in [6, 6.07) is 15.7. The third-order valence-corrected chi connectivity index (χ3v) is 5.17. The van der Waals surface area contributed by atoms with Crippen LogP contribution in [0, 0.1) is 0 Å². The fraction of sp³-hybridized carbons (Fsp3) is 0.222. The van der Waals surface area contributed by atoms with Crippen LogP contribution >= 0.6 is 11.3 Å². The van der Waals surface area contributed by atoms with Crippen LogP contribution < -0.4 is 4.90 Å². The standard InChI is InChI=1S/C18H18N4OS/c23-18(14-5-2-1-3-6-14)22-10-8-21(9-11-22)17-13-15(19-20-17)16-7-4-12-24-16/h1-7,12-13H,8-11H2,(H,19,20). The number of piperazine rings is 1. The zero-order chi connectivity index (χ0) is 16.4. The summed E-state index contributed by atoms with van der Waals surface area (Å²) < 4.78 is 0. The first-order chi connectivity index (χ1) is 11.8. The number of hydrogen-bond donors (Lipinski definition) is 1. The highest BCUT2D eigenvalue weighted by molar-refractivity contribution is 7.13. The van der Waals surface area contributed by atoms with Crippen LogP contribution in [0.25, 0.3) is 10.6 Å². The molecule has 1 aliphatic heterocycles. The average molecular weight is 338 g/mol. The minimum absolute atomic E-state index is 0.108. The second-order valence-electron chi connectivity index (χ2n) is 5.76. The van der Waals surface area contributed by atoms with Crippen molar-refractivity contribution in [2.75, 3.05) is 31.1 Å². The number of benzene rings is 1. The van der Waals surface area contributed by atoms with Gasteiger partial charge in [0.05, 0.1) is 10.6 Å². The Hall–Kier alpha value is -2.60. The van der Waals surface area contributed by atoms with Crippen molar-refractivity contribution in [3.8, 4) is 10.6 Å². The summed E-state index contributed by atoms with van der Waals surface area (Å²) in [6.07, 6.45) is 0. The van der Waals surface area contributed by atoms with Crippen molar-refractivity contribution >= 4 is 23.1 Å². The van der Waals surface area contributed by atoms with Gasteiger partial charge >= 0.3 is 0 Å². The molecule has 1 saturated heterocycles. The Balaban J connectivity index is 1.40. The molecular formula is C18H18N4OS. The molecule has 0 spiro atoms. The van der Waals surface area contributed by atoms with E-state index in [1.54, 1.807) is 11.3 Å². The van der Waals surface area contributed by atoms with Crippen molar-refractivity contribution in [3.05, 3.63) is 59.5 Å². The van der Waals surface area contributed by atoms with Crippen LogP contribution in [0.2, 0.25) is 0 Å². The molecule has 1 fully saturated rings. The Morgan fingerprint density at radius 2 is 1.83 bits per heavy atom. The smallest absolute Gasteiger partial charge is 0.253 e. The maximum Gasteiger partial charge on any atom is 0.253 e. The van der Waals surface area contributed by atoms with Gasteiger partial charge in [-0.25, -0.2) is 0 Å². The molecule has 1 amide bonds. The second kappa shape index (κ2) is 6.49. The number of rotatable bonds is 3. The summed E-state index contributed by atoms with van der Waals surface area (Å²) in [5.41, 5.74) is 1.80. The topological polar surface area (TPSA) is 52.2 Å². The molecule has 0 atom stereocenters. The van der Waals surface area contributed by atoms with E-state index < -0.39 is 0 Å². The van der Waals surface area contributed by atoms with Crippen molar-refractivity contribution in [3.63, 3.8) is 0 Å². The predicted octanol–water partition coefficient (Wildman–Crippen LogP) is 3.10. The van der Waals surface area contributed by atoms with E-state index in [1.165, 1.54) is 4.88 Å². The van der Waals surface area contributed by atoms with Gasteiger partial charge in [-0.3, -0.25) is 9.89 Å². The number of aromatic nitrogens is 2. The monoisotopic (exact) mass is 338 g/mol. The van der Waals surface area contributed by atoms with E-state index in [2.05, 4.69) is 32.6 Å². The Labute approximate surface area is 144 Å². The second-order valence-corrected chi connectivity index (χ2v) is 6.71. The molecule has 5 nitrogen and oxygen atoms in total. The maximum absolute atomic E-state index is 12.5. The van der Waals surface area contributed by atoms with Gasteiger partial charge in [0.2, 0.25) is 0 Å². The van der Waals surface area contributed by atoms with Gasteiger partial charge in [-0.2, -0.15) is 5.10 Å². The van der Waals surface area contributed by atoms with Crippen molar-refractivity contribution in [2.24, 2.45) is 0 Å². The quantitative estimate of drug-likeness (QED) is 0.798. The van der Waals surface area contributed by atoms with Gasteiger partial charge in [-0.15, -0.1) is 11.3 Å². The first-order valence-electron chi connectivity index (χ1n) is 8.00. The van der Waals surface area contributed by atoms with E-state index in [0.717, 1.165) is 43.3 Å². The lowest BCUT2D eigenvalue weighted by molar-refractivity contribution is 0.0746. The molecule has 1 aromatic carbocycles. The van der Waals surface area contributed by atoms with Gasteiger partial charge in [-0.05, 0) is 23.6 Å². The Kier molecular flexibility index (Phi) is 4.04. The zero-order valence-electron chi connectivity index (χ0n) is 13.2. The van der Waals surface area contributed by atoms with Crippen molar-refractivity contribution in [1.82, 2.24) is 15.1 Å². The molecule has 3 aromatic rings. The molecule has 6 heteroatoms. The summed E-state index contributed by atoms with van der Waals surface area (Å²) in [5, 5.41) is 9.59. The number of nitrogens with zero attached hydrogens (tertiary/aromatic N) is 3. The fourth-order valence-corrected chi connectivity index (χ4v) is 3.63.